The summed E-state index contributed by atoms with van der Waals surface area (Å²) in [5, 5.41) is 19.7. The molecule has 2 N–H and O–H groups in total. The fraction of sp³-hybridized carbons (Fsp3) is 0.333. The van der Waals surface area contributed by atoms with Crippen molar-refractivity contribution in [3.63, 3.8) is 0 Å². The standard InChI is InChI=1S/C15H17ClO2S/c1-11-4-2-3-5-13(11)15(9-17,10-18)8-12-6-7-14(16)19-12/h2-7,17-18H,8-10H2,1H3. The van der Waals surface area contributed by atoms with E-state index in [1.807, 2.05) is 43.3 Å². The van der Waals surface area contributed by atoms with Gasteiger partial charge in [-0.2, -0.15) is 0 Å². The molecule has 0 aliphatic carbocycles. The summed E-state index contributed by atoms with van der Waals surface area (Å²) in [6, 6.07) is 11.7. The third kappa shape index (κ3) is 3.00. The van der Waals surface area contributed by atoms with Crippen LogP contribution in [-0.4, -0.2) is 23.4 Å². The Morgan fingerprint density at radius 2 is 1.79 bits per heavy atom. The second-order valence-corrected chi connectivity index (χ2v) is 6.59. The highest BCUT2D eigenvalue weighted by Gasteiger charge is 2.33. The highest BCUT2D eigenvalue weighted by Crippen LogP contribution is 2.33. The molecular weight excluding hydrogens is 280 g/mol. The quantitative estimate of drug-likeness (QED) is 0.890. The van der Waals surface area contributed by atoms with Gasteiger partial charge in [-0.25, -0.2) is 0 Å². The van der Waals surface area contributed by atoms with Crippen LogP contribution in [0.2, 0.25) is 4.34 Å². The molecule has 4 heteroatoms. The Balaban J connectivity index is 2.40. The van der Waals surface area contributed by atoms with Crippen LogP contribution in [0.5, 0.6) is 0 Å². The molecule has 0 spiro atoms. The molecule has 102 valence electrons. The van der Waals surface area contributed by atoms with Gasteiger partial charge in [0.1, 0.15) is 0 Å². The summed E-state index contributed by atoms with van der Waals surface area (Å²) in [7, 11) is 0. The molecule has 19 heavy (non-hydrogen) atoms. The Labute approximate surface area is 122 Å². The Hall–Kier alpha value is -0.870. The van der Waals surface area contributed by atoms with Gasteiger partial charge in [0.2, 0.25) is 0 Å². The van der Waals surface area contributed by atoms with E-state index in [0.29, 0.717) is 6.42 Å². The summed E-state index contributed by atoms with van der Waals surface area (Å²) in [5.41, 5.74) is 1.41. The molecule has 2 rings (SSSR count). The second-order valence-electron chi connectivity index (χ2n) is 4.79. The zero-order valence-electron chi connectivity index (χ0n) is 10.8. The fourth-order valence-electron chi connectivity index (χ4n) is 2.38. The third-order valence-corrected chi connectivity index (χ3v) is 4.69. The van der Waals surface area contributed by atoms with Crippen LogP contribution in [0.4, 0.5) is 0 Å². The van der Waals surface area contributed by atoms with Gasteiger partial charge in [0.15, 0.2) is 0 Å². The molecule has 0 atom stereocenters. The maximum atomic E-state index is 9.83. The minimum absolute atomic E-state index is 0.0934. The Morgan fingerprint density at radius 1 is 1.11 bits per heavy atom. The number of thiophene rings is 1. The van der Waals surface area contributed by atoms with E-state index in [-0.39, 0.29) is 13.2 Å². The molecule has 1 aromatic carbocycles. The molecule has 0 fully saturated rings. The van der Waals surface area contributed by atoms with E-state index < -0.39 is 5.41 Å². The third-order valence-electron chi connectivity index (χ3n) is 3.46. The van der Waals surface area contributed by atoms with Gasteiger partial charge in [-0.1, -0.05) is 35.9 Å². The lowest BCUT2D eigenvalue weighted by Gasteiger charge is -2.31. The first-order valence-electron chi connectivity index (χ1n) is 6.13. The normalized spacial score (nSPS) is 11.8. The predicted octanol–water partition coefficient (Wildman–Crippen LogP) is 3.18. The number of hydrogen-bond acceptors (Lipinski definition) is 3. The van der Waals surface area contributed by atoms with E-state index in [9.17, 15) is 10.2 Å². The number of benzene rings is 1. The first-order valence-corrected chi connectivity index (χ1v) is 7.33. The molecule has 2 nitrogen and oxygen atoms in total. The van der Waals surface area contributed by atoms with Crippen molar-refractivity contribution in [3.8, 4) is 0 Å². The summed E-state index contributed by atoms with van der Waals surface area (Å²) in [6.45, 7) is 1.81. The van der Waals surface area contributed by atoms with Crippen molar-refractivity contribution >= 4 is 22.9 Å². The van der Waals surface area contributed by atoms with Crippen LogP contribution in [0.3, 0.4) is 0 Å². The number of aryl methyl sites for hydroxylation is 1. The van der Waals surface area contributed by atoms with Crippen LogP contribution >= 0.6 is 22.9 Å². The van der Waals surface area contributed by atoms with E-state index in [1.165, 1.54) is 11.3 Å². The molecule has 0 bridgehead atoms. The Bertz CT molecular complexity index is 547. The van der Waals surface area contributed by atoms with Gasteiger partial charge < -0.3 is 10.2 Å². The summed E-state index contributed by atoms with van der Waals surface area (Å²) < 4.78 is 0.726. The molecule has 0 aliphatic heterocycles. The predicted molar refractivity (Wildman–Crippen MR) is 80.1 cm³/mol. The SMILES string of the molecule is Cc1ccccc1C(CO)(CO)Cc1ccc(Cl)s1. The maximum absolute atomic E-state index is 9.83. The van der Waals surface area contributed by atoms with Gasteiger partial charge >= 0.3 is 0 Å². The molecule has 1 heterocycles. The van der Waals surface area contributed by atoms with Crippen molar-refractivity contribution in [2.24, 2.45) is 0 Å². The number of hydrogen-bond donors (Lipinski definition) is 2. The van der Waals surface area contributed by atoms with Crippen LogP contribution in [0.15, 0.2) is 36.4 Å². The second kappa shape index (κ2) is 6.06. The van der Waals surface area contributed by atoms with Crippen LogP contribution in [0.25, 0.3) is 0 Å². The van der Waals surface area contributed by atoms with Gasteiger partial charge in [-0.3, -0.25) is 0 Å². The molecule has 1 aromatic heterocycles. The smallest absolute Gasteiger partial charge is 0.0931 e. The van der Waals surface area contributed by atoms with Crippen LogP contribution in [0.1, 0.15) is 16.0 Å². The lowest BCUT2D eigenvalue weighted by Crippen LogP contribution is -2.37. The average Bonchev–Trinajstić information content (AvgIpc) is 2.82. The zero-order chi connectivity index (χ0) is 13.9. The largest absolute Gasteiger partial charge is 0.395 e. The van der Waals surface area contributed by atoms with Crippen molar-refractivity contribution in [1.29, 1.82) is 0 Å². The average molecular weight is 297 g/mol. The summed E-state index contributed by atoms with van der Waals surface area (Å²) >= 11 is 7.44. The molecule has 0 saturated heterocycles. The number of rotatable bonds is 5. The van der Waals surface area contributed by atoms with Crippen molar-refractivity contribution in [3.05, 3.63) is 56.7 Å². The molecule has 0 radical (unpaired) electrons. The zero-order valence-corrected chi connectivity index (χ0v) is 12.3. The molecule has 0 saturated carbocycles. The highest BCUT2D eigenvalue weighted by molar-refractivity contribution is 7.16. The minimum atomic E-state index is -0.653. The summed E-state index contributed by atoms with van der Waals surface area (Å²) in [6.07, 6.45) is 0.586. The van der Waals surface area contributed by atoms with Crippen LogP contribution in [0, 0.1) is 6.92 Å². The summed E-state index contributed by atoms with van der Waals surface area (Å²) in [5.74, 6) is 0. The van der Waals surface area contributed by atoms with E-state index >= 15 is 0 Å². The first kappa shape index (κ1) is 14.5. The van der Waals surface area contributed by atoms with Crippen molar-refractivity contribution in [2.45, 2.75) is 18.8 Å². The maximum Gasteiger partial charge on any atom is 0.0931 e. The highest BCUT2D eigenvalue weighted by atomic mass is 35.5. The molecule has 0 amide bonds. The lowest BCUT2D eigenvalue weighted by molar-refractivity contribution is 0.116. The molecule has 0 unspecified atom stereocenters. The first-order chi connectivity index (χ1) is 9.11. The van der Waals surface area contributed by atoms with Crippen LogP contribution < -0.4 is 0 Å². The van der Waals surface area contributed by atoms with E-state index in [0.717, 1.165) is 20.3 Å². The van der Waals surface area contributed by atoms with Crippen LogP contribution in [-0.2, 0) is 11.8 Å². The lowest BCUT2D eigenvalue weighted by atomic mass is 9.76. The van der Waals surface area contributed by atoms with Gasteiger partial charge in [0.05, 0.1) is 17.6 Å². The topological polar surface area (TPSA) is 40.5 Å². The monoisotopic (exact) mass is 296 g/mol. The Kier molecular flexibility index (Phi) is 4.63. The van der Waals surface area contributed by atoms with Gasteiger partial charge in [0.25, 0.3) is 0 Å². The van der Waals surface area contributed by atoms with Crippen molar-refractivity contribution < 1.29 is 10.2 Å². The summed E-state index contributed by atoms with van der Waals surface area (Å²) in [4.78, 5) is 1.07. The van der Waals surface area contributed by atoms with Gasteiger partial charge in [-0.15, -0.1) is 11.3 Å². The molecule has 0 aliphatic rings. The van der Waals surface area contributed by atoms with Gasteiger partial charge in [0, 0.05) is 10.3 Å². The van der Waals surface area contributed by atoms with E-state index in [4.69, 9.17) is 11.6 Å². The fourth-order valence-corrected chi connectivity index (χ4v) is 3.61. The molecular formula is C15H17ClO2S. The van der Waals surface area contributed by atoms with Crippen molar-refractivity contribution in [2.75, 3.05) is 13.2 Å². The number of aliphatic hydroxyl groups is 2. The molecule has 2 aromatic rings. The van der Waals surface area contributed by atoms with E-state index in [2.05, 4.69) is 0 Å². The Morgan fingerprint density at radius 3 is 2.32 bits per heavy atom. The number of aliphatic hydroxyl groups excluding tert-OH is 2. The van der Waals surface area contributed by atoms with Gasteiger partial charge in [-0.05, 0) is 36.6 Å². The van der Waals surface area contributed by atoms with Crippen molar-refractivity contribution in [1.82, 2.24) is 0 Å². The number of halogens is 1. The minimum Gasteiger partial charge on any atom is -0.395 e. The van der Waals surface area contributed by atoms with E-state index in [1.54, 1.807) is 0 Å².